The minimum Gasteiger partial charge on any atom is -0.444 e. The van der Waals surface area contributed by atoms with Crippen LogP contribution in [-0.2, 0) is 26.0 Å². The fraction of sp³-hybridized carbons (Fsp3) is 0.500. The Labute approximate surface area is 240 Å². The molecule has 1 aliphatic heterocycles. The lowest BCUT2D eigenvalue weighted by molar-refractivity contribution is -0.128. The van der Waals surface area contributed by atoms with Gasteiger partial charge in [-0.15, -0.1) is 0 Å². The van der Waals surface area contributed by atoms with Gasteiger partial charge < -0.3 is 10.1 Å². The normalized spacial score (nSPS) is 27.1. The van der Waals surface area contributed by atoms with Crippen molar-refractivity contribution in [3.05, 3.63) is 53.8 Å². The van der Waals surface area contributed by atoms with Crippen molar-refractivity contribution in [3.63, 3.8) is 0 Å². The largest absolute Gasteiger partial charge is 0.444 e. The molecule has 0 spiro atoms. The van der Waals surface area contributed by atoms with E-state index in [-0.39, 0.29) is 28.8 Å². The van der Waals surface area contributed by atoms with Crippen LogP contribution in [0.4, 0.5) is 9.18 Å². The fourth-order valence-electron chi connectivity index (χ4n) is 6.78. The molecule has 3 aliphatic rings. The van der Waals surface area contributed by atoms with Gasteiger partial charge in [-0.3, -0.25) is 9.69 Å². The van der Waals surface area contributed by atoms with Gasteiger partial charge in [0.15, 0.2) is 0 Å². The van der Waals surface area contributed by atoms with Crippen LogP contribution in [0.3, 0.4) is 0 Å². The number of rotatable bonds is 7. The predicted molar refractivity (Wildman–Crippen MR) is 149 cm³/mol. The highest BCUT2D eigenvalue weighted by Gasteiger charge is 2.71. The average Bonchev–Trinajstić information content (AvgIpc) is 3.26. The molecule has 1 heterocycles. The first-order valence-electron chi connectivity index (χ1n) is 13.8. The summed E-state index contributed by atoms with van der Waals surface area (Å²) in [5.74, 6) is 0.240. The molecule has 2 amide bonds. The number of halogens is 1. The van der Waals surface area contributed by atoms with E-state index in [4.69, 9.17) is 4.74 Å². The smallest absolute Gasteiger partial charge is 0.411 e. The number of nitrogens with one attached hydrogen (secondary N) is 2. The summed E-state index contributed by atoms with van der Waals surface area (Å²) >= 11 is 0. The number of amides is 2. The Balaban J connectivity index is 1.29. The van der Waals surface area contributed by atoms with Gasteiger partial charge in [0.2, 0.25) is 15.9 Å². The van der Waals surface area contributed by atoms with Crippen LogP contribution in [0.1, 0.15) is 39.7 Å². The van der Waals surface area contributed by atoms with E-state index in [1.54, 1.807) is 49.9 Å². The van der Waals surface area contributed by atoms with E-state index in [9.17, 15) is 23.3 Å². The maximum absolute atomic E-state index is 15.1. The summed E-state index contributed by atoms with van der Waals surface area (Å²) in [5.41, 5.74) is 0.713. The van der Waals surface area contributed by atoms with E-state index in [2.05, 4.69) is 23.0 Å². The molecule has 2 saturated carbocycles. The van der Waals surface area contributed by atoms with Crippen molar-refractivity contribution in [2.75, 3.05) is 7.05 Å². The molecule has 2 aromatic carbocycles. The first kappa shape index (κ1) is 29.0. The molecule has 9 nitrogen and oxygen atoms in total. The summed E-state index contributed by atoms with van der Waals surface area (Å²) in [7, 11) is -2.26. The van der Waals surface area contributed by atoms with Crippen molar-refractivity contribution in [2.45, 2.75) is 69.2 Å². The Morgan fingerprint density at radius 2 is 1.80 bits per heavy atom. The molecule has 218 valence electrons. The van der Waals surface area contributed by atoms with E-state index in [1.165, 1.54) is 25.2 Å². The van der Waals surface area contributed by atoms with Gasteiger partial charge in [0.1, 0.15) is 23.5 Å². The summed E-state index contributed by atoms with van der Waals surface area (Å²) < 4.78 is 47.0. The van der Waals surface area contributed by atoms with Gasteiger partial charge in [-0.2, -0.15) is 5.26 Å². The molecule has 2 bridgehead atoms. The zero-order valence-electron chi connectivity index (χ0n) is 23.7. The second-order valence-electron chi connectivity index (χ2n) is 12.2. The lowest BCUT2D eigenvalue weighted by atomic mass is 9.94. The van der Waals surface area contributed by atoms with E-state index in [0.29, 0.717) is 28.9 Å². The van der Waals surface area contributed by atoms with Crippen molar-refractivity contribution in [2.24, 2.45) is 23.7 Å². The molecule has 3 fully saturated rings. The molecule has 3 unspecified atom stereocenters. The van der Waals surface area contributed by atoms with Crippen LogP contribution in [-0.4, -0.2) is 56.1 Å². The van der Waals surface area contributed by atoms with Crippen molar-refractivity contribution >= 4 is 22.0 Å². The van der Waals surface area contributed by atoms with Crippen LogP contribution in [0, 0.1) is 40.8 Å². The Hall–Kier alpha value is -3.49. The number of carbonyl (C=O) groups is 2. The summed E-state index contributed by atoms with van der Waals surface area (Å²) in [6.45, 7) is 7.49. The minimum absolute atomic E-state index is 0.0114. The SMILES string of the molecule is CNS(=O)(=O)c1ccc(-c2ccc(C[C@@H](C#N)NC(=O)[C@@H]3[C@@H]4C[C@@H](C5C(C)C54)N3C(=O)OC(C)(C)C)c(F)c2)cc1. The molecule has 0 aromatic heterocycles. The molecule has 7 atom stereocenters. The highest BCUT2D eigenvalue weighted by Crippen LogP contribution is 2.67. The molecule has 2 aromatic rings. The maximum Gasteiger partial charge on any atom is 0.411 e. The monoisotopic (exact) mass is 582 g/mol. The zero-order valence-corrected chi connectivity index (χ0v) is 24.5. The number of fused-ring (bicyclic) bond motifs is 5. The first-order valence-corrected chi connectivity index (χ1v) is 15.3. The van der Waals surface area contributed by atoms with Crippen LogP contribution < -0.4 is 10.0 Å². The number of piperidine rings is 1. The number of sulfonamides is 1. The number of nitriles is 1. The van der Waals surface area contributed by atoms with Crippen molar-refractivity contribution in [1.82, 2.24) is 14.9 Å². The molecule has 5 rings (SSSR count). The second-order valence-corrected chi connectivity index (χ2v) is 14.1. The van der Waals surface area contributed by atoms with E-state index < -0.39 is 45.5 Å². The zero-order chi connectivity index (χ0) is 29.9. The summed E-state index contributed by atoms with van der Waals surface area (Å²) in [6, 6.07) is 10.9. The third-order valence-electron chi connectivity index (χ3n) is 8.62. The highest BCUT2D eigenvalue weighted by molar-refractivity contribution is 7.89. The van der Waals surface area contributed by atoms with Gasteiger partial charge in [0.05, 0.1) is 11.0 Å². The average molecular weight is 583 g/mol. The summed E-state index contributed by atoms with van der Waals surface area (Å²) in [5, 5.41) is 12.6. The maximum atomic E-state index is 15.1. The van der Waals surface area contributed by atoms with Crippen LogP contribution in [0.25, 0.3) is 11.1 Å². The Bertz CT molecular complexity index is 1510. The van der Waals surface area contributed by atoms with Gasteiger partial charge in [-0.1, -0.05) is 31.2 Å². The number of benzene rings is 2. The van der Waals surface area contributed by atoms with E-state index in [0.717, 1.165) is 6.42 Å². The topological polar surface area (TPSA) is 129 Å². The Morgan fingerprint density at radius 3 is 2.39 bits per heavy atom. The van der Waals surface area contributed by atoms with Crippen molar-refractivity contribution in [1.29, 1.82) is 5.26 Å². The van der Waals surface area contributed by atoms with Gasteiger partial charge in [0.25, 0.3) is 0 Å². The molecule has 11 heteroatoms. The number of ether oxygens (including phenoxy) is 1. The van der Waals surface area contributed by atoms with Gasteiger partial charge >= 0.3 is 6.09 Å². The van der Waals surface area contributed by atoms with Gasteiger partial charge in [-0.25, -0.2) is 22.3 Å². The first-order chi connectivity index (χ1) is 19.3. The Morgan fingerprint density at radius 1 is 1.15 bits per heavy atom. The minimum atomic E-state index is -3.59. The number of hydrogen-bond acceptors (Lipinski definition) is 6. The molecular weight excluding hydrogens is 547 g/mol. The van der Waals surface area contributed by atoms with Crippen LogP contribution in [0.2, 0.25) is 0 Å². The quantitative estimate of drug-likeness (QED) is 0.511. The molecule has 41 heavy (non-hydrogen) atoms. The van der Waals surface area contributed by atoms with Crippen LogP contribution in [0.5, 0.6) is 0 Å². The van der Waals surface area contributed by atoms with Crippen LogP contribution >= 0.6 is 0 Å². The van der Waals surface area contributed by atoms with Gasteiger partial charge in [0, 0.05) is 12.5 Å². The standard InChI is InChI=1S/C30H35FN4O5S/c1-16-25-22-14-24(26(16)25)35(29(37)40-30(2,3)4)27(22)28(36)34-20(15-32)12-19-7-6-18(13-23(19)31)17-8-10-21(11-9-17)41(38,39)33-5/h6-11,13,16,20,22,24-27,33H,12,14H2,1-5H3,(H,34,36)/t16?,20-,22+,24-,25?,26?,27-/m0/s1. The van der Waals surface area contributed by atoms with Crippen LogP contribution in [0.15, 0.2) is 47.4 Å². The second kappa shape index (κ2) is 10.4. The summed E-state index contributed by atoms with van der Waals surface area (Å²) in [6.07, 6.45) is 0.171. The highest BCUT2D eigenvalue weighted by atomic mass is 32.2. The van der Waals surface area contributed by atoms with Crippen molar-refractivity contribution < 1.29 is 27.1 Å². The molecule has 1 saturated heterocycles. The lowest BCUT2D eigenvalue weighted by Crippen LogP contribution is -2.56. The third-order valence-corrected chi connectivity index (χ3v) is 10.1. The third kappa shape index (κ3) is 5.43. The Kier molecular flexibility index (Phi) is 7.37. The van der Waals surface area contributed by atoms with Gasteiger partial charge in [-0.05, 0) is 92.8 Å². The molecule has 2 aliphatic carbocycles. The van der Waals surface area contributed by atoms with Crippen molar-refractivity contribution in [3.8, 4) is 17.2 Å². The number of nitrogens with zero attached hydrogens (tertiary/aromatic N) is 2. The lowest BCUT2D eigenvalue weighted by Gasteiger charge is -2.35. The molecular formula is C30H35FN4O5S. The predicted octanol–water partition coefficient (Wildman–Crippen LogP) is 3.84. The van der Waals surface area contributed by atoms with E-state index in [1.807, 2.05) is 0 Å². The summed E-state index contributed by atoms with van der Waals surface area (Å²) in [4.78, 5) is 28.3. The number of likely N-dealkylation sites (tertiary alicyclic amines) is 1. The fourth-order valence-corrected chi connectivity index (χ4v) is 7.51. The molecule has 2 N–H and O–H groups in total. The number of carbonyl (C=O) groups excluding carboxylic acids is 2. The number of hydrogen-bond donors (Lipinski definition) is 2. The van der Waals surface area contributed by atoms with E-state index >= 15 is 4.39 Å². The molecule has 0 radical (unpaired) electrons.